The van der Waals surface area contributed by atoms with Gasteiger partial charge in [0.05, 0.1) is 0 Å². The first kappa shape index (κ1) is 24.1. The molecule has 1 saturated heterocycles. The Bertz CT molecular complexity index is 853. The summed E-state index contributed by atoms with van der Waals surface area (Å²) >= 11 is -2.48. The third kappa shape index (κ3) is 5.47. The average molecular weight is 533 g/mol. The zero-order valence-corrected chi connectivity index (χ0v) is 22.6. The first-order valence-electron chi connectivity index (χ1n) is 9.58. The molecule has 1 heterocycles. The summed E-state index contributed by atoms with van der Waals surface area (Å²) in [5, 5.41) is 0. The summed E-state index contributed by atoms with van der Waals surface area (Å²) in [5.74, 6) is -0.0117. The Balaban J connectivity index is 2.35. The molecule has 0 bridgehead atoms. The van der Waals surface area contributed by atoms with Gasteiger partial charge in [0.1, 0.15) is 0 Å². The SMILES string of the molecule is C=[C]([C@@H]1CN(S(=O)(=O)c2ccc(C)cc2)C[C@H]1NS(=O)C(C)(C)C)[Sn]([CH3])([CH3])[CH3]. The number of nitrogens with zero attached hydrogens (tertiary/aromatic N) is 1. The number of rotatable bonds is 6. The van der Waals surface area contributed by atoms with Crippen molar-refractivity contribution in [1.82, 2.24) is 9.03 Å². The van der Waals surface area contributed by atoms with Crippen LogP contribution < -0.4 is 4.72 Å². The van der Waals surface area contributed by atoms with Crippen LogP contribution >= 0.6 is 0 Å². The topological polar surface area (TPSA) is 66.5 Å². The molecule has 3 atom stereocenters. The van der Waals surface area contributed by atoms with Gasteiger partial charge in [-0.2, -0.15) is 0 Å². The van der Waals surface area contributed by atoms with E-state index >= 15 is 0 Å². The molecule has 5 nitrogen and oxygen atoms in total. The normalized spacial score (nSPS) is 23.0. The Labute approximate surface area is 177 Å². The van der Waals surface area contributed by atoms with Crippen molar-refractivity contribution in [2.24, 2.45) is 5.92 Å². The predicted octanol–water partition coefficient (Wildman–Crippen LogP) is 3.47. The number of aryl methyl sites for hydroxylation is 1. The van der Waals surface area contributed by atoms with Crippen LogP contribution in [0.5, 0.6) is 0 Å². The summed E-state index contributed by atoms with van der Waals surface area (Å²) in [6.07, 6.45) is 0. The van der Waals surface area contributed by atoms with E-state index in [1.807, 2.05) is 39.8 Å². The minimum absolute atomic E-state index is 0.0117. The second-order valence-electron chi connectivity index (χ2n) is 9.62. The van der Waals surface area contributed by atoms with Crippen molar-refractivity contribution in [1.29, 1.82) is 0 Å². The summed E-state index contributed by atoms with van der Waals surface area (Å²) in [6, 6.07) is 6.76. The first-order valence-corrected chi connectivity index (χ1v) is 22.2. The molecule has 1 unspecified atom stereocenters. The molecule has 1 aliphatic heterocycles. The molecular formula is C20H34N2O3S2Sn. The van der Waals surface area contributed by atoms with E-state index in [0.717, 1.165) is 5.56 Å². The quantitative estimate of drug-likeness (QED) is 0.570. The van der Waals surface area contributed by atoms with Gasteiger partial charge in [-0.25, -0.2) is 0 Å². The molecular weight excluding hydrogens is 499 g/mol. The number of sulfonamides is 1. The van der Waals surface area contributed by atoms with Gasteiger partial charge in [0.25, 0.3) is 0 Å². The predicted molar refractivity (Wildman–Crippen MR) is 121 cm³/mol. The van der Waals surface area contributed by atoms with Gasteiger partial charge in [0, 0.05) is 0 Å². The van der Waals surface area contributed by atoms with Crippen LogP contribution in [0.2, 0.25) is 14.8 Å². The number of benzene rings is 1. The van der Waals surface area contributed by atoms with Crippen LogP contribution in [0, 0.1) is 12.8 Å². The third-order valence-electron chi connectivity index (χ3n) is 5.17. The molecule has 1 aromatic carbocycles. The van der Waals surface area contributed by atoms with Gasteiger partial charge in [-0.05, 0) is 0 Å². The van der Waals surface area contributed by atoms with Crippen LogP contribution in [0.25, 0.3) is 0 Å². The van der Waals surface area contributed by atoms with Crippen molar-refractivity contribution >= 4 is 39.4 Å². The maximum absolute atomic E-state index is 13.2. The van der Waals surface area contributed by atoms with E-state index < -0.39 is 44.1 Å². The number of nitrogens with one attached hydrogen (secondary N) is 1. The maximum atomic E-state index is 13.2. The molecule has 0 saturated carbocycles. The zero-order chi connectivity index (χ0) is 21.5. The molecule has 28 heavy (non-hydrogen) atoms. The molecule has 1 aliphatic rings. The van der Waals surface area contributed by atoms with Gasteiger partial charge in [-0.15, -0.1) is 0 Å². The average Bonchev–Trinajstić information content (AvgIpc) is 2.97. The molecule has 1 aromatic rings. The van der Waals surface area contributed by atoms with Crippen LogP contribution in [-0.2, 0) is 21.0 Å². The fourth-order valence-corrected chi connectivity index (χ4v) is 9.54. The third-order valence-corrected chi connectivity index (χ3v) is 15.2. The van der Waals surface area contributed by atoms with Gasteiger partial charge in [0.2, 0.25) is 0 Å². The van der Waals surface area contributed by atoms with Crippen molar-refractivity contribution in [2.45, 2.75) is 58.2 Å². The van der Waals surface area contributed by atoms with Gasteiger partial charge in [-0.1, -0.05) is 0 Å². The molecule has 2 rings (SSSR count). The van der Waals surface area contributed by atoms with Crippen molar-refractivity contribution in [3.8, 4) is 0 Å². The summed E-state index contributed by atoms with van der Waals surface area (Å²) in [6.45, 7) is 12.7. The Morgan fingerprint density at radius 2 is 1.71 bits per heavy atom. The van der Waals surface area contributed by atoms with Gasteiger partial charge in [0.15, 0.2) is 0 Å². The van der Waals surface area contributed by atoms with E-state index in [-0.39, 0.29) is 12.0 Å². The van der Waals surface area contributed by atoms with Crippen molar-refractivity contribution in [3.63, 3.8) is 0 Å². The molecule has 0 aromatic heterocycles. The molecule has 158 valence electrons. The zero-order valence-electron chi connectivity index (χ0n) is 18.1. The van der Waals surface area contributed by atoms with Crippen LogP contribution in [0.4, 0.5) is 0 Å². The summed E-state index contributed by atoms with van der Waals surface area (Å²) in [4.78, 5) is 7.16. The fraction of sp³-hybridized carbons (Fsp3) is 0.600. The summed E-state index contributed by atoms with van der Waals surface area (Å²) < 4.78 is 44.6. The van der Waals surface area contributed by atoms with Crippen LogP contribution in [-0.4, -0.2) is 59.2 Å². The monoisotopic (exact) mass is 534 g/mol. The number of hydrogen-bond donors (Lipinski definition) is 1. The van der Waals surface area contributed by atoms with E-state index in [9.17, 15) is 12.6 Å². The number of hydrogen-bond acceptors (Lipinski definition) is 3. The van der Waals surface area contributed by atoms with Crippen molar-refractivity contribution in [3.05, 3.63) is 40.0 Å². The summed E-state index contributed by atoms with van der Waals surface area (Å²) in [7, 11) is -4.86. The van der Waals surface area contributed by atoms with Crippen LogP contribution in [0.1, 0.15) is 26.3 Å². The van der Waals surface area contributed by atoms with Crippen molar-refractivity contribution < 1.29 is 12.6 Å². The molecule has 0 amide bonds. The van der Waals surface area contributed by atoms with Crippen LogP contribution in [0.3, 0.4) is 0 Å². The van der Waals surface area contributed by atoms with E-state index in [1.54, 1.807) is 12.1 Å². The second kappa shape index (κ2) is 8.49. The van der Waals surface area contributed by atoms with Gasteiger partial charge in [-0.3, -0.25) is 0 Å². The standard InChI is InChI=1S/C17H25N2O3S2.3CH3.Sn/c1-6-14-11-19(12-16(14)18-23(20)17(3,4)5)24(21,22)15-9-7-13(2)8-10-15;;;;/h7-10,14,16,18H,1,11-12H2,2-5H3;3*1H3;/t14-,16-,23?;;;;/m1..../s1. The molecule has 0 radical (unpaired) electrons. The first-order chi connectivity index (χ1) is 12.6. The minimum atomic E-state index is -3.59. The molecule has 1 fully saturated rings. The van der Waals surface area contributed by atoms with E-state index in [0.29, 0.717) is 18.0 Å². The summed E-state index contributed by atoms with van der Waals surface area (Å²) in [5.41, 5.74) is 1.02. The second-order valence-corrected chi connectivity index (χ2v) is 28.2. The molecule has 1 N–H and O–H groups in total. The Morgan fingerprint density at radius 3 is 2.18 bits per heavy atom. The van der Waals surface area contributed by atoms with E-state index in [4.69, 9.17) is 0 Å². The van der Waals surface area contributed by atoms with Crippen LogP contribution in [0.15, 0.2) is 39.3 Å². The fourth-order valence-electron chi connectivity index (χ4n) is 3.17. The Kier molecular flexibility index (Phi) is 7.29. The van der Waals surface area contributed by atoms with Gasteiger partial charge >= 0.3 is 178 Å². The molecule has 8 heteroatoms. The molecule has 0 spiro atoms. The van der Waals surface area contributed by atoms with E-state index in [1.165, 1.54) is 7.89 Å². The Hall–Kier alpha value is -0.221. The van der Waals surface area contributed by atoms with E-state index in [2.05, 4.69) is 26.1 Å². The molecule has 0 aliphatic carbocycles. The Morgan fingerprint density at radius 1 is 1.18 bits per heavy atom. The van der Waals surface area contributed by atoms with Gasteiger partial charge < -0.3 is 0 Å². The van der Waals surface area contributed by atoms with Crippen molar-refractivity contribution in [2.75, 3.05) is 13.1 Å².